The highest BCUT2D eigenvalue weighted by Crippen LogP contribution is 2.39. The van der Waals surface area contributed by atoms with Gasteiger partial charge >= 0.3 is 6.11 Å². The van der Waals surface area contributed by atoms with Crippen LogP contribution in [0.3, 0.4) is 0 Å². The van der Waals surface area contributed by atoms with Gasteiger partial charge in [0, 0.05) is 13.5 Å². The molecular formula is C10H13F3O. The second kappa shape index (κ2) is 4.17. The zero-order valence-electron chi connectivity index (χ0n) is 8.03. The summed E-state index contributed by atoms with van der Waals surface area (Å²) in [5, 5.41) is 0. The third-order valence-corrected chi connectivity index (χ3v) is 2.48. The predicted octanol–water partition coefficient (Wildman–Crippen LogP) is 3.44. The van der Waals surface area contributed by atoms with E-state index in [-0.39, 0.29) is 18.8 Å². The molecule has 0 bridgehead atoms. The number of allylic oxidation sites excluding steroid dienone is 2. The minimum Gasteiger partial charge on any atom is -0.320 e. The van der Waals surface area contributed by atoms with Gasteiger partial charge in [0.2, 0.25) is 0 Å². The van der Waals surface area contributed by atoms with Crippen LogP contribution in [0.25, 0.3) is 0 Å². The summed E-state index contributed by atoms with van der Waals surface area (Å²) in [5.74, 6) is -0.792. The topological polar surface area (TPSA) is 9.23 Å². The molecule has 0 heterocycles. The van der Waals surface area contributed by atoms with E-state index in [0.717, 1.165) is 7.11 Å². The minimum atomic E-state index is -3.46. The summed E-state index contributed by atoms with van der Waals surface area (Å²) in [6.07, 6.45) is -1.32. The van der Waals surface area contributed by atoms with Crippen molar-refractivity contribution in [2.24, 2.45) is 5.92 Å². The average Bonchev–Trinajstić information content (AvgIpc) is 2.17. The Morgan fingerprint density at radius 3 is 2.64 bits per heavy atom. The first-order valence-electron chi connectivity index (χ1n) is 4.44. The fraction of sp³-hybridized carbons (Fsp3) is 0.600. The number of hydrogen-bond donors (Lipinski definition) is 0. The Hall–Kier alpha value is -0.770. The molecule has 0 fully saturated rings. The lowest BCUT2D eigenvalue weighted by molar-refractivity contribution is -0.194. The highest BCUT2D eigenvalue weighted by molar-refractivity contribution is 5.18. The van der Waals surface area contributed by atoms with Gasteiger partial charge in [0.15, 0.2) is 0 Å². The van der Waals surface area contributed by atoms with Crippen LogP contribution in [0.2, 0.25) is 0 Å². The first-order chi connectivity index (χ1) is 6.51. The number of hydrogen-bond acceptors (Lipinski definition) is 1. The van der Waals surface area contributed by atoms with Crippen LogP contribution in [0, 0.1) is 5.92 Å². The van der Waals surface area contributed by atoms with Crippen LogP contribution in [0.15, 0.2) is 24.1 Å². The summed E-state index contributed by atoms with van der Waals surface area (Å²) in [7, 11) is 0.875. The van der Waals surface area contributed by atoms with Crippen molar-refractivity contribution in [3.05, 3.63) is 24.1 Å². The number of halogens is 3. The number of methoxy groups -OCH3 is 1. The summed E-state index contributed by atoms with van der Waals surface area (Å²) >= 11 is 0. The lowest BCUT2D eigenvalue weighted by Crippen LogP contribution is -2.25. The number of alkyl halides is 2. The van der Waals surface area contributed by atoms with Gasteiger partial charge in [-0.25, -0.2) is 4.39 Å². The van der Waals surface area contributed by atoms with Gasteiger partial charge < -0.3 is 4.74 Å². The fourth-order valence-corrected chi connectivity index (χ4v) is 1.55. The highest BCUT2D eigenvalue weighted by atomic mass is 19.3. The van der Waals surface area contributed by atoms with Gasteiger partial charge in [-0.3, -0.25) is 0 Å². The van der Waals surface area contributed by atoms with Gasteiger partial charge in [-0.05, 0) is 18.8 Å². The molecule has 0 N–H and O–H groups in total. The van der Waals surface area contributed by atoms with Crippen LogP contribution in [0.4, 0.5) is 13.2 Å². The molecule has 0 aromatic carbocycles. The molecule has 0 aliphatic heterocycles. The lowest BCUT2D eigenvalue weighted by atomic mass is 9.88. The smallest absolute Gasteiger partial charge is 0.320 e. The highest BCUT2D eigenvalue weighted by Gasteiger charge is 2.39. The summed E-state index contributed by atoms with van der Waals surface area (Å²) in [5.41, 5.74) is -0.516. The van der Waals surface area contributed by atoms with Gasteiger partial charge in [-0.15, -0.1) is 6.58 Å². The summed E-state index contributed by atoms with van der Waals surface area (Å²) in [6, 6.07) is 0. The Bertz CT molecular complexity index is 258. The van der Waals surface area contributed by atoms with E-state index in [2.05, 4.69) is 11.3 Å². The maximum atomic E-state index is 13.2. The van der Waals surface area contributed by atoms with E-state index >= 15 is 0 Å². The molecule has 1 aliphatic rings. The normalized spacial score (nSPS) is 23.9. The first kappa shape index (κ1) is 11.3. The van der Waals surface area contributed by atoms with Crippen LogP contribution in [-0.4, -0.2) is 13.2 Å². The SMILES string of the molecule is C=CC1CCC(C(F)(F)OC)=C(F)C1. The Labute approximate surface area is 81.2 Å². The molecule has 0 radical (unpaired) electrons. The van der Waals surface area contributed by atoms with Crippen molar-refractivity contribution in [1.29, 1.82) is 0 Å². The van der Waals surface area contributed by atoms with Crippen LogP contribution >= 0.6 is 0 Å². The third-order valence-electron chi connectivity index (χ3n) is 2.48. The third kappa shape index (κ3) is 2.18. The Morgan fingerprint density at radius 2 is 2.21 bits per heavy atom. The standard InChI is InChI=1S/C10H13F3O/c1-3-7-4-5-8(9(11)6-7)10(12,13)14-2/h3,7H,1,4-6H2,2H3. The number of rotatable bonds is 3. The van der Waals surface area contributed by atoms with Crippen LogP contribution < -0.4 is 0 Å². The van der Waals surface area contributed by atoms with Gasteiger partial charge in [0.25, 0.3) is 0 Å². The van der Waals surface area contributed by atoms with Gasteiger partial charge in [0.1, 0.15) is 5.83 Å². The average molecular weight is 206 g/mol. The second-order valence-electron chi connectivity index (χ2n) is 3.34. The van der Waals surface area contributed by atoms with Crippen LogP contribution in [-0.2, 0) is 4.74 Å². The Morgan fingerprint density at radius 1 is 1.57 bits per heavy atom. The Kier molecular flexibility index (Phi) is 3.37. The predicted molar refractivity (Wildman–Crippen MR) is 47.6 cm³/mol. The van der Waals surface area contributed by atoms with Gasteiger partial charge in [-0.1, -0.05) is 6.08 Å². The van der Waals surface area contributed by atoms with E-state index in [0.29, 0.717) is 6.42 Å². The largest absolute Gasteiger partial charge is 0.381 e. The van der Waals surface area contributed by atoms with E-state index in [1.54, 1.807) is 6.08 Å². The van der Waals surface area contributed by atoms with E-state index in [1.807, 2.05) is 0 Å². The summed E-state index contributed by atoms with van der Waals surface area (Å²) in [6.45, 7) is 3.52. The van der Waals surface area contributed by atoms with Crippen molar-refractivity contribution >= 4 is 0 Å². The molecule has 1 rings (SSSR count). The van der Waals surface area contributed by atoms with E-state index < -0.39 is 17.5 Å². The van der Waals surface area contributed by atoms with Crippen molar-refractivity contribution in [3.63, 3.8) is 0 Å². The summed E-state index contributed by atoms with van der Waals surface area (Å²) < 4.78 is 43.1. The second-order valence-corrected chi connectivity index (χ2v) is 3.34. The van der Waals surface area contributed by atoms with Crippen molar-refractivity contribution in [2.45, 2.75) is 25.4 Å². The molecule has 1 nitrogen and oxygen atoms in total. The van der Waals surface area contributed by atoms with Crippen molar-refractivity contribution < 1.29 is 17.9 Å². The first-order valence-corrected chi connectivity index (χ1v) is 4.44. The fourth-order valence-electron chi connectivity index (χ4n) is 1.55. The quantitative estimate of drug-likeness (QED) is 0.643. The zero-order chi connectivity index (χ0) is 10.8. The minimum absolute atomic E-state index is 0.0117. The van der Waals surface area contributed by atoms with E-state index in [4.69, 9.17) is 0 Å². The maximum Gasteiger partial charge on any atom is 0.381 e. The van der Waals surface area contributed by atoms with E-state index in [1.165, 1.54) is 0 Å². The molecule has 0 aromatic rings. The molecule has 80 valence electrons. The maximum absolute atomic E-state index is 13.2. The van der Waals surface area contributed by atoms with Crippen LogP contribution in [0.5, 0.6) is 0 Å². The van der Waals surface area contributed by atoms with Gasteiger partial charge in [0.05, 0.1) is 5.57 Å². The molecule has 1 unspecified atom stereocenters. The molecule has 0 spiro atoms. The molecule has 1 atom stereocenters. The van der Waals surface area contributed by atoms with Crippen LogP contribution in [0.1, 0.15) is 19.3 Å². The molecule has 0 aromatic heterocycles. The lowest BCUT2D eigenvalue weighted by Gasteiger charge is -2.25. The van der Waals surface area contributed by atoms with Crippen molar-refractivity contribution in [1.82, 2.24) is 0 Å². The molecule has 14 heavy (non-hydrogen) atoms. The monoisotopic (exact) mass is 206 g/mol. The van der Waals surface area contributed by atoms with Gasteiger partial charge in [-0.2, -0.15) is 8.78 Å². The molecule has 0 amide bonds. The molecule has 4 heteroatoms. The van der Waals surface area contributed by atoms with E-state index in [9.17, 15) is 13.2 Å². The molecule has 0 saturated heterocycles. The molecule has 1 aliphatic carbocycles. The number of ether oxygens (including phenoxy) is 1. The van der Waals surface area contributed by atoms with Crippen molar-refractivity contribution in [2.75, 3.05) is 7.11 Å². The zero-order valence-corrected chi connectivity index (χ0v) is 8.03. The van der Waals surface area contributed by atoms with Crippen molar-refractivity contribution in [3.8, 4) is 0 Å². The molecule has 0 saturated carbocycles. The molecular weight excluding hydrogens is 193 g/mol. The Balaban J connectivity index is 2.85. The summed E-state index contributed by atoms with van der Waals surface area (Å²) in [4.78, 5) is 0.